The number of hydrogen-bond donors (Lipinski definition) is 3. The van der Waals surface area contributed by atoms with Crippen LogP contribution in [0, 0.1) is 12.8 Å². The summed E-state index contributed by atoms with van der Waals surface area (Å²) in [5.74, 6) is 0.675. The number of aliphatic hydroxyl groups is 1. The first-order chi connectivity index (χ1) is 21.0. The molecule has 0 unspecified atom stereocenters. The summed E-state index contributed by atoms with van der Waals surface area (Å²) < 4.78 is 44.9. The molecule has 0 aliphatic carbocycles. The van der Waals surface area contributed by atoms with Crippen molar-refractivity contribution in [3.8, 4) is 17.2 Å². The fourth-order valence-corrected chi connectivity index (χ4v) is 6.21. The molecule has 12 nitrogen and oxygen atoms in total. The molecule has 0 saturated heterocycles. The number of likely N-dealkylation sites (N-methyl/N-ethyl adjacent to an activating group) is 1. The van der Waals surface area contributed by atoms with Crippen LogP contribution in [0.5, 0.6) is 17.2 Å². The van der Waals surface area contributed by atoms with Gasteiger partial charge in [0.05, 0.1) is 29.7 Å². The number of urea groups is 1. The van der Waals surface area contributed by atoms with Gasteiger partial charge >= 0.3 is 6.03 Å². The first-order valence-corrected chi connectivity index (χ1v) is 15.6. The van der Waals surface area contributed by atoms with Crippen LogP contribution in [-0.2, 0) is 10.0 Å². The lowest BCUT2D eigenvalue weighted by molar-refractivity contribution is 0.0387. The molecule has 3 atom stereocenters. The smallest absolute Gasteiger partial charge is 0.323 e. The largest absolute Gasteiger partial charge is 0.488 e. The van der Waals surface area contributed by atoms with Crippen molar-refractivity contribution in [2.75, 3.05) is 44.2 Å². The topological polar surface area (TPSA) is 147 Å². The number of carbonyl (C=O) groups is 2. The highest BCUT2D eigenvalue weighted by atomic mass is 32.2. The third-order valence-electron chi connectivity index (χ3n) is 7.72. The van der Waals surface area contributed by atoms with E-state index in [0.717, 1.165) is 5.56 Å². The van der Waals surface area contributed by atoms with E-state index in [2.05, 4.69) is 10.6 Å². The number of amides is 3. The fourth-order valence-electron chi connectivity index (χ4n) is 5.03. The molecule has 3 N–H and O–H groups in total. The van der Waals surface area contributed by atoms with Crippen LogP contribution in [-0.4, -0.2) is 80.4 Å². The van der Waals surface area contributed by atoms with Gasteiger partial charge in [0.15, 0.2) is 11.5 Å². The van der Waals surface area contributed by atoms with Gasteiger partial charge in [-0.05, 0) is 56.3 Å². The van der Waals surface area contributed by atoms with E-state index in [4.69, 9.17) is 14.2 Å². The number of hydrogen-bond acceptors (Lipinski definition) is 8. The van der Waals surface area contributed by atoms with Gasteiger partial charge in [-0.2, -0.15) is 4.31 Å². The Kier molecular flexibility index (Phi) is 9.00. The van der Waals surface area contributed by atoms with Gasteiger partial charge in [-0.15, -0.1) is 0 Å². The normalized spacial score (nSPS) is 18.6. The second kappa shape index (κ2) is 12.7. The zero-order valence-corrected chi connectivity index (χ0v) is 25.8. The number of rotatable bonds is 8. The van der Waals surface area contributed by atoms with E-state index in [-0.39, 0.29) is 54.5 Å². The maximum absolute atomic E-state index is 13.7. The van der Waals surface area contributed by atoms with Crippen LogP contribution in [0.15, 0.2) is 65.6 Å². The highest BCUT2D eigenvalue weighted by molar-refractivity contribution is 7.89. The van der Waals surface area contributed by atoms with Gasteiger partial charge in [0.1, 0.15) is 11.9 Å². The molecule has 0 radical (unpaired) electrons. The number of nitrogens with one attached hydrogen (secondary N) is 2. The SMILES string of the molecule is Cc1ccc(S(=O)(=O)N(C)C[C@H]2Oc3ccc(NC(=O)Nc4ccc5c(c4)OCO5)cc3C(=O)N([C@@H](C)CO)C[C@H]2C)cc1. The number of aliphatic hydroxyl groups excluding tert-OH is 1. The van der Waals surface area contributed by atoms with Crippen LogP contribution >= 0.6 is 0 Å². The Balaban J connectivity index is 1.38. The van der Waals surface area contributed by atoms with Crippen LogP contribution in [0.2, 0.25) is 0 Å². The number of sulfonamides is 1. The van der Waals surface area contributed by atoms with Gasteiger partial charge in [0.25, 0.3) is 5.91 Å². The Morgan fingerprint density at radius 1 is 1.02 bits per heavy atom. The van der Waals surface area contributed by atoms with Crippen molar-refractivity contribution in [1.82, 2.24) is 9.21 Å². The second-order valence-corrected chi connectivity index (χ2v) is 13.1. The monoisotopic (exact) mass is 624 g/mol. The molecule has 44 heavy (non-hydrogen) atoms. The van der Waals surface area contributed by atoms with Crippen molar-refractivity contribution in [3.63, 3.8) is 0 Å². The summed E-state index contributed by atoms with van der Waals surface area (Å²) in [6.07, 6.45) is -0.631. The highest BCUT2D eigenvalue weighted by Crippen LogP contribution is 2.35. The summed E-state index contributed by atoms with van der Waals surface area (Å²) in [4.78, 5) is 28.3. The molecule has 3 aromatic rings. The number of benzene rings is 3. The van der Waals surface area contributed by atoms with E-state index in [1.54, 1.807) is 66.4 Å². The lowest BCUT2D eigenvalue weighted by Gasteiger charge is -2.38. The maximum atomic E-state index is 13.7. The Bertz CT molecular complexity index is 1650. The summed E-state index contributed by atoms with van der Waals surface area (Å²) in [6, 6.07) is 15.3. The van der Waals surface area contributed by atoms with E-state index in [0.29, 0.717) is 22.9 Å². The van der Waals surface area contributed by atoms with Gasteiger partial charge in [0.2, 0.25) is 16.8 Å². The van der Waals surface area contributed by atoms with Crippen LogP contribution < -0.4 is 24.8 Å². The second-order valence-electron chi connectivity index (χ2n) is 11.1. The van der Waals surface area contributed by atoms with Crippen molar-refractivity contribution in [3.05, 3.63) is 71.8 Å². The Hall–Kier alpha value is -4.33. The van der Waals surface area contributed by atoms with Crippen molar-refractivity contribution >= 4 is 33.3 Å². The third kappa shape index (κ3) is 6.59. The summed E-state index contributed by atoms with van der Waals surface area (Å²) in [5, 5.41) is 15.4. The lowest BCUT2D eigenvalue weighted by Crippen LogP contribution is -2.50. The van der Waals surface area contributed by atoms with Gasteiger partial charge in [-0.3, -0.25) is 4.79 Å². The zero-order chi connectivity index (χ0) is 31.6. The summed E-state index contributed by atoms with van der Waals surface area (Å²) in [5.41, 5.74) is 1.94. The molecule has 13 heteroatoms. The molecule has 234 valence electrons. The average Bonchev–Trinajstić information content (AvgIpc) is 3.47. The predicted molar refractivity (Wildman–Crippen MR) is 164 cm³/mol. The van der Waals surface area contributed by atoms with E-state index in [1.165, 1.54) is 17.4 Å². The summed E-state index contributed by atoms with van der Waals surface area (Å²) in [6.45, 7) is 5.57. The Labute approximate surface area is 256 Å². The van der Waals surface area contributed by atoms with Gasteiger partial charge in [-0.25, -0.2) is 13.2 Å². The third-order valence-corrected chi connectivity index (χ3v) is 9.56. The van der Waals surface area contributed by atoms with Crippen molar-refractivity contribution < 1.29 is 37.3 Å². The molecule has 0 aromatic heterocycles. The van der Waals surface area contributed by atoms with Gasteiger partial charge in [-0.1, -0.05) is 24.6 Å². The number of fused-ring (bicyclic) bond motifs is 2. The fraction of sp³-hybridized carbons (Fsp3) is 0.355. The lowest BCUT2D eigenvalue weighted by atomic mass is 9.99. The summed E-state index contributed by atoms with van der Waals surface area (Å²) >= 11 is 0. The van der Waals surface area contributed by atoms with Crippen molar-refractivity contribution in [1.29, 1.82) is 0 Å². The molecule has 0 bridgehead atoms. The molecular formula is C31H36N4O8S. The number of carbonyl (C=O) groups excluding carboxylic acids is 2. The Morgan fingerprint density at radius 2 is 1.66 bits per heavy atom. The molecule has 2 aliphatic heterocycles. The minimum atomic E-state index is -3.81. The van der Waals surface area contributed by atoms with Crippen LogP contribution in [0.25, 0.3) is 0 Å². The minimum Gasteiger partial charge on any atom is -0.488 e. The molecule has 5 rings (SSSR count). The first kappa shape index (κ1) is 31.1. The van der Waals surface area contributed by atoms with E-state index < -0.39 is 28.2 Å². The molecule has 3 aromatic carbocycles. The maximum Gasteiger partial charge on any atom is 0.323 e. The molecule has 0 spiro atoms. The standard InChI is InChI=1S/C31H36N4O8S/c1-19-5-9-24(10-6-19)44(39,40)34(4)16-29-20(2)15-35(21(3)17-36)30(37)25-13-22(7-11-26(25)43-29)32-31(38)33-23-8-12-27-28(14-23)42-18-41-27/h5-14,20-21,29,36H,15-18H2,1-4H3,(H2,32,33,38)/t20-,21+,29-/m1/s1. The zero-order valence-electron chi connectivity index (χ0n) is 24.9. The van der Waals surface area contributed by atoms with Crippen molar-refractivity contribution in [2.24, 2.45) is 5.92 Å². The Morgan fingerprint density at radius 3 is 2.34 bits per heavy atom. The minimum absolute atomic E-state index is 0.0181. The molecule has 3 amide bonds. The number of anilines is 2. The summed E-state index contributed by atoms with van der Waals surface area (Å²) in [7, 11) is -2.31. The highest BCUT2D eigenvalue weighted by Gasteiger charge is 2.35. The number of ether oxygens (including phenoxy) is 3. The van der Waals surface area contributed by atoms with Crippen LogP contribution in [0.1, 0.15) is 29.8 Å². The quantitative estimate of drug-likeness (QED) is 0.342. The van der Waals surface area contributed by atoms with Crippen LogP contribution in [0.3, 0.4) is 0 Å². The van der Waals surface area contributed by atoms with E-state index >= 15 is 0 Å². The molecular weight excluding hydrogens is 588 g/mol. The van der Waals surface area contributed by atoms with Crippen LogP contribution in [0.4, 0.5) is 16.2 Å². The van der Waals surface area contributed by atoms with E-state index in [1.807, 2.05) is 13.8 Å². The number of aryl methyl sites for hydroxylation is 1. The number of nitrogens with zero attached hydrogens (tertiary/aromatic N) is 2. The first-order valence-electron chi connectivity index (χ1n) is 14.2. The van der Waals surface area contributed by atoms with Crippen molar-refractivity contribution in [2.45, 2.75) is 37.8 Å². The predicted octanol–water partition coefficient (Wildman–Crippen LogP) is 3.91. The van der Waals surface area contributed by atoms with E-state index in [9.17, 15) is 23.1 Å². The molecule has 0 saturated carbocycles. The molecule has 2 aliphatic rings. The molecule has 0 fully saturated rings. The van der Waals surface area contributed by atoms with Gasteiger partial charge in [0, 0.05) is 37.0 Å². The average molecular weight is 625 g/mol. The van der Waals surface area contributed by atoms with Gasteiger partial charge < -0.3 is 34.9 Å². The molecule has 2 heterocycles.